The third-order valence-corrected chi connectivity index (χ3v) is 4.68. The van der Waals surface area contributed by atoms with E-state index in [1.807, 2.05) is 43.5 Å². The van der Waals surface area contributed by atoms with Crippen LogP contribution in [0.2, 0.25) is 0 Å². The highest BCUT2D eigenvalue weighted by molar-refractivity contribution is 7.13. The smallest absolute Gasteiger partial charge is 0.263 e. The van der Waals surface area contributed by atoms with Crippen LogP contribution in [0.25, 0.3) is 10.7 Å². The average Bonchev–Trinajstić information content (AvgIpc) is 3.24. The maximum atomic E-state index is 12.6. The second kappa shape index (κ2) is 7.70. The molecule has 7 heteroatoms. The zero-order chi connectivity index (χ0) is 18.7. The van der Waals surface area contributed by atoms with E-state index in [2.05, 4.69) is 16.2 Å². The highest BCUT2D eigenvalue weighted by atomic mass is 32.1. The molecule has 0 saturated heterocycles. The van der Waals surface area contributed by atoms with Crippen molar-refractivity contribution in [1.29, 1.82) is 0 Å². The van der Waals surface area contributed by atoms with Crippen molar-refractivity contribution in [3.05, 3.63) is 52.7 Å². The summed E-state index contributed by atoms with van der Waals surface area (Å²) in [6, 6.07) is 9.75. The van der Waals surface area contributed by atoms with Crippen molar-refractivity contribution >= 4 is 17.2 Å². The van der Waals surface area contributed by atoms with Gasteiger partial charge in [0.05, 0.1) is 11.4 Å². The first-order valence-corrected chi connectivity index (χ1v) is 9.16. The molecule has 0 saturated carbocycles. The summed E-state index contributed by atoms with van der Waals surface area (Å²) in [6.45, 7) is 5.97. The number of likely N-dealkylation sites (N-methyl/N-ethyl adjacent to an activating group) is 1. The number of ether oxygens (including phenoxy) is 1. The molecule has 3 rings (SSSR count). The van der Waals surface area contributed by atoms with Crippen molar-refractivity contribution < 1.29 is 14.1 Å². The lowest BCUT2D eigenvalue weighted by Gasteiger charge is -2.21. The number of aromatic nitrogens is 2. The lowest BCUT2D eigenvalue weighted by atomic mass is 10.1. The highest BCUT2D eigenvalue weighted by Gasteiger charge is 2.21. The van der Waals surface area contributed by atoms with Gasteiger partial charge in [-0.05, 0) is 55.5 Å². The molecule has 0 aliphatic rings. The Morgan fingerprint density at radius 1 is 1.31 bits per heavy atom. The molecule has 0 fully saturated rings. The first-order chi connectivity index (χ1) is 12.4. The van der Waals surface area contributed by atoms with Crippen LogP contribution in [0.1, 0.15) is 23.9 Å². The van der Waals surface area contributed by atoms with Gasteiger partial charge in [-0.2, -0.15) is 4.98 Å². The Kier molecular flexibility index (Phi) is 5.37. The van der Waals surface area contributed by atoms with Crippen molar-refractivity contribution in [2.24, 2.45) is 0 Å². The molecular weight excluding hydrogens is 350 g/mol. The molecule has 26 heavy (non-hydrogen) atoms. The maximum Gasteiger partial charge on any atom is 0.263 e. The standard InChI is InChI=1S/C19H21N3O3S/c1-12-8-13(2)10-15(9-12)24-14(3)19(23)22(4)11-17-20-18(21-25-17)16-6-5-7-26-16/h5-10,14H,11H2,1-4H3/t14-/m0/s1. The van der Waals surface area contributed by atoms with E-state index in [4.69, 9.17) is 9.26 Å². The summed E-state index contributed by atoms with van der Waals surface area (Å²) >= 11 is 1.54. The van der Waals surface area contributed by atoms with Crippen LogP contribution >= 0.6 is 11.3 Å². The summed E-state index contributed by atoms with van der Waals surface area (Å²) < 4.78 is 11.1. The summed E-state index contributed by atoms with van der Waals surface area (Å²) in [6.07, 6.45) is -0.610. The topological polar surface area (TPSA) is 68.5 Å². The lowest BCUT2D eigenvalue weighted by molar-refractivity contribution is -0.137. The minimum Gasteiger partial charge on any atom is -0.481 e. The van der Waals surface area contributed by atoms with Gasteiger partial charge < -0.3 is 14.2 Å². The zero-order valence-electron chi connectivity index (χ0n) is 15.2. The summed E-state index contributed by atoms with van der Waals surface area (Å²) in [4.78, 5) is 19.4. The minimum atomic E-state index is -0.610. The van der Waals surface area contributed by atoms with Gasteiger partial charge in [0, 0.05) is 7.05 Å². The third kappa shape index (κ3) is 4.29. The number of benzene rings is 1. The molecule has 6 nitrogen and oxygen atoms in total. The van der Waals surface area contributed by atoms with Crippen molar-refractivity contribution in [2.75, 3.05) is 7.05 Å². The summed E-state index contributed by atoms with van der Waals surface area (Å²) in [5, 5.41) is 5.91. The highest BCUT2D eigenvalue weighted by Crippen LogP contribution is 2.22. The van der Waals surface area contributed by atoms with Crippen molar-refractivity contribution in [3.8, 4) is 16.5 Å². The minimum absolute atomic E-state index is 0.153. The van der Waals surface area contributed by atoms with E-state index in [-0.39, 0.29) is 12.5 Å². The van der Waals surface area contributed by atoms with Gasteiger partial charge in [0.25, 0.3) is 5.91 Å². The summed E-state index contributed by atoms with van der Waals surface area (Å²) in [5.74, 6) is 1.47. The Balaban J connectivity index is 1.62. The monoisotopic (exact) mass is 371 g/mol. The number of carbonyl (C=O) groups excluding carboxylic acids is 1. The average molecular weight is 371 g/mol. The van der Waals surface area contributed by atoms with Crippen LogP contribution in [0.4, 0.5) is 0 Å². The number of amides is 1. The quantitative estimate of drug-likeness (QED) is 0.658. The predicted molar refractivity (Wildman–Crippen MR) is 100 cm³/mol. The van der Waals surface area contributed by atoms with E-state index in [0.717, 1.165) is 16.0 Å². The molecule has 1 atom stereocenters. The Labute approximate surface area is 156 Å². The largest absolute Gasteiger partial charge is 0.481 e. The Morgan fingerprint density at radius 3 is 2.69 bits per heavy atom. The zero-order valence-corrected chi connectivity index (χ0v) is 16.0. The van der Waals surface area contributed by atoms with Crippen LogP contribution < -0.4 is 4.74 Å². The molecule has 1 amide bonds. The molecule has 2 heterocycles. The molecule has 0 N–H and O–H groups in total. The Bertz CT molecular complexity index is 869. The van der Waals surface area contributed by atoms with Gasteiger partial charge in [-0.3, -0.25) is 4.79 Å². The lowest BCUT2D eigenvalue weighted by Crippen LogP contribution is -2.37. The van der Waals surface area contributed by atoms with Crippen LogP contribution in [0.3, 0.4) is 0 Å². The first kappa shape index (κ1) is 18.1. The SMILES string of the molecule is Cc1cc(C)cc(O[C@@H](C)C(=O)N(C)Cc2nc(-c3cccs3)no2)c1. The second-order valence-electron chi connectivity index (χ2n) is 6.27. The molecule has 1 aromatic carbocycles. The second-order valence-corrected chi connectivity index (χ2v) is 7.21. The van der Waals surface area contributed by atoms with E-state index in [1.54, 1.807) is 14.0 Å². The molecule has 136 valence electrons. The number of hydrogen-bond acceptors (Lipinski definition) is 6. The number of thiophene rings is 1. The van der Waals surface area contributed by atoms with Crippen molar-refractivity contribution in [3.63, 3.8) is 0 Å². The molecule has 2 aromatic heterocycles. The van der Waals surface area contributed by atoms with Crippen LogP contribution in [-0.4, -0.2) is 34.1 Å². The number of carbonyl (C=O) groups is 1. The summed E-state index contributed by atoms with van der Waals surface area (Å²) in [7, 11) is 1.69. The van der Waals surface area contributed by atoms with Gasteiger partial charge in [-0.15, -0.1) is 11.3 Å². The van der Waals surface area contributed by atoms with E-state index < -0.39 is 6.10 Å². The maximum absolute atomic E-state index is 12.6. The predicted octanol–water partition coefficient (Wildman–Crippen LogP) is 3.84. The van der Waals surface area contributed by atoms with E-state index in [1.165, 1.54) is 16.2 Å². The van der Waals surface area contributed by atoms with E-state index in [0.29, 0.717) is 17.5 Å². The molecule has 0 aliphatic carbocycles. The van der Waals surface area contributed by atoms with Gasteiger partial charge in [0.15, 0.2) is 6.10 Å². The number of hydrogen-bond donors (Lipinski definition) is 0. The molecule has 0 aliphatic heterocycles. The van der Waals surface area contributed by atoms with Gasteiger partial charge in [0.1, 0.15) is 5.75 Å². The number of aryl methyl sites for hydroxylation is 2. The fourth-order valence-electron chi connectivity index (χ4n) is 2.67. The fourth-order valence-corrected chi connectivity index (χ4v) is 3.32. The van der Waals surface area contributed by atoms with Gasteiger partial charge in [0.2, 0.25) is 11.7 Å². The first-order valence-electron chi connectivity index (χ1n) is 8.29. The molecule has 0 unspecified atom stereocenters. The van der Waals surface area contributed by atoms with Crippen LogP contribution in [0.5, 0.6) is 5.75 Å². The van der Waals surface area contributed by atoms with E-state index >= 15 is 0 Å². The molecular formula is C19H21N3O3S. The van der Waals surface area contributed by atoms with Gasteiger partial charge >= 0.3 is 0 Å². The molecule has 3 aromatic rings. The van der Waals surface area contributed by atoms with Crippen LogP contribution in [0, 0.1) is 13.8 Å². The van der Waals surface area contributed by atoms with Gasteiger partial charge in [-0.25, -0.2) is 0 Å². The molecule has 0 bridgehead atoms. The van der Waals surface area contributed by atoms with Crippen molar-refractivity contribution in [1.82, 2.24) is 15.0 Å². The molecule has 0 radical (unpaired) electrons. The van der Waals surface area contributed by atoms with Crippen LogP contribution in [-0.2, 0) is 11.3 Å². The molecule has 0 spiro atoms. The normalized spacial score (nSPS) is 12.0. The third-order valence-electron chi connectivity index (χ3n) is 3.81. The van der Waals surface area contributed by atoms with Crippen LogP contribution in [0.15, 0.2) is 40.2 Å². The number of nitrogens with zero attached hydrogens (tertiary/aromatic N) is 3. The van der Waals surface area contributed by atoms with E-state index in [9.17, 15) is 4.79 Å². The Morgan fingerprint density at radius 2 is 2.04 bits per heavy atom. The Hall–Kier alpha value is -2.67. The number of rotatable bonds is 6. The fraction of sp³-hybridized carbons (Fsp3) is 0.316. The van der Waals surface area contributed by atoms with Gasteiger partial charge in [-0.1, -0.05) is 17.3 Å². The van der Waals surface area contributed by atoms with Crippen molar-refractivity contribution in [2.45, 2.75) is 33.4 Å². The summed E-state index contributed by atoms with van der Waals surface area (Å²) in [5.41, 5.74) is 2.19.